The number of hydrogen-bond acceptors (Lipinski definition) is 3. The number of aliphatic hydroxyl groups excluding tert-OH is 1. The molecule has 78 valence electrons. The minimum Gasteiger partial charge on any atom is -0.508 e. The van der Waals surface area contributed by atoms with Crippen molar-refractivity contribution in [1.29, 1.82) is 0 Å². The van der Waals surface area contributed by atoms with Gasteiger partial charge in [-0.2, -0.15) is 0 Å². The summed E-state index contributed by atoms with van der Waals surface area (Å²) < 4.78 is 0. The normalized spacial score (nSPS) is 15.1. The zero-order chi connectivity index (χ0) is 10.6. The first-order valence-electron chi connectivity index (χ1n) is 4.88. The highest BCUT2D eigenvalue weighted by molar-refractivity contribution is 5.34. The van der Waals surface area contributed by atoms with E-state index in [4.69, 9.17) is 5.73 Å². The summed E-state index contributed by atoms with van der Waals surface area (Å²) >= 11 is 0. The molecule has 14 heavy (non-hydrogen) atoms. The molecule has 1 aromatic rings. The maximum absolute atomic E-state index is 9.66. The molecule has 0 aliphatic carbocycles. The van der Waals surface area contributed by atoms with Gasteiger partial charge in [0.05, 0.1) is 12.1 Å². The summed E-state index contributed by atoms with van der Waals surface area (Å²) in [6, 6.07) is 6.34. The molecule has 0 radical (unpaired) electrons. The second-order valence-corrected chi connectivity index (χ2v) is 3.44. The van der Waals surface area contributed by atoms with Gasteiger partial charge in [0.25, 0.3) is 0 Å². The Balaban J connectivity index is 2.78. The van der Waals surface area contributed by atoms with E-state index in [1.807, 2.05) is 6.92 Å². The van der Waals surface area contributed by atoms with Crippen LogP contribution < -0.4 is 5.73 Å². The molecule has 0 bridgehead atoms. The Kier molecular flexibility index (Phi) is 3.92. The molecule has 0 aliphatic heterocycles. The number of phenolic OH excluding ortho intramolecular Hbond substituents is 1. The van der Waals surface area contributed by atoms with Gasteiger partial charge >= 0.3 is 0 Å². The Morgan fingerprint density at radius 1 is 1.36 bits per heavy atom. The van der Waals surface area contributed by atoms with Crippen molar-refractivity contribution in [3.63, 3.8) is 0 Å². The van der Waals surface area contributed by atoms with Crippen LogP contribution in [-0.4, -0.2) is 16.3 Å². The molecule has 3 nitrogen and oxygen atoms in total. The van der Waals surface area contributed by atoms with Crippen LogP contribution >= 0.6 is 0 Å². The van der Waals surface area contributed by atoms with Gasteiger partial charge in [-0.3, -0.25) is 0 Å². The number of nitrogens with two attached hydrogens (primary N) is 1. The highest BCUT2D eigenvalue weighted by Gasteiger charge is 2.18. The molecule has 0 saturated heterocycles. The molecular formula is C11H17NO2. The second kappa shape index (κ2) is 4.98. The van der Waals surface area contributed by atoms with E-state index >= 15 is 0 Å². The highest BCUT2D eigenvalue weighted by atomic mass is 16.3. The first kappa shape index (κ1) is 11.0. The van der Waals surface area contributed by atoms with Gasteiger partial charge in [-0.05, 0) is 12.5 Å². The van der Waals surface area contributed by atoms with Crippen LogP contribution in [0.15, 0.2) is 24.3 Å². The smallest absolute Gasteiger partial charge is 0.120 e. The zero-order valence-electron chi connectivity index (χ0n) is 8.35. The fourth-order valence-corrected chi connectivity index (χ4v) is 1.45. The standard InChI is InChI=1S/C11H17NO2/c1-2-5-10(14)11(12)8-6-3-4-7-9(8)13/h3-4,6-7,10-11,13-14H,2,5,12H2,1H3/t10-,11+/m0/s1. The lowest BCUT2D eigenvalue weighted by Crippen LogP contribution is -2.25. The molecule has 4 N–H and O–H groups in total. The van der Waals surface area contributed by atoms with E-state index in [-0.39, 0.29) is 5.75 Å². The van der Waals surface area contributed by atoms with Crippen molar-refractivity contribution in [2.45, 2.75) is 31.9 Å². The summed E-state index contributed by atoms with van der Waals surface area (Å²) in [5.74, 6) is 0.148. The van der Waals surface area contributed by atoms with Gasteiger partial charge in [-0.15, -0.1) is 0 Å². The number of aliphatic hydroxyl groups is 1. The molecule has 0 aliphatic rings. The third-order valence-corrected chi connectivity index (χ3v) is 2.29. The molecule has 0 fully saturated rings. The largest absolute Gasteiger partial charge is 0.508 e. The monoisotopic (exact) mass is 195 g/mol. The molecule has 0 heterocycles. The molecule has 0 unspecified atom stereocenters. The lowest BCUT2D eigenvalue weighted by Gasteiger charge is -2.19. The average Bonchev–Trinajstić information content (AvgIpc) is 2.18. The van der Waals surface area contributed by atoms with Gasteiger partial charge in [-0.25, -0.2) is 0 Å². The lowest BCUT2D eigenvalue weighted by molar-refractivity contribution is 0.133. The van der Waals surface area contributed by atoms with E-state index in [0.717, 1.165) is 6.42 Å². The SMILES string of the molecule is CCC[C@H](O)[C@H](N)c1ccccc1O. The Labute approximate surface area is 84.2 Å². The Morgan fingerprint density at radius 2 is 2.00 bits per heavy atom. The van der Waals surface area contributed by atoms with E-state index < -0.39 is 12.1 Å². The zero-order valence-corrected chi connectivity index (χ0v) is 8.35. The number of aromatic hydroxyl groups is 1. The minimum absolute atomic E-state index is 0.148. The molecule has 3 heteroatoms. The first-order valence-corrected chi connectivity index (χ1v) is 4.88. The number of para-hydroxylation sites is 1. The Bertz CT molecular complexity index is 288. The topological polar surface area (TPSA) is 66.5 Å². The van der Waals surface area contributed by atoms with E-state index in [9.17, 15) is 10.2 Å². The van der Waals surface area contributed by atoms with Crippen LogP contribution in [0, 0.1) is 0 Å². The van der Waals surface area contributed by atoms with E-state index in [1.54, 1.807) is 24.3 Å². The highest BCUT2D eigenvalue weighted by Crippen LogP contribution is 2.25. The Hall–Kier alpha value is -1.06. The van der Waals surface area contributed by atoms with Crippen LogP contribution in [0.2, 0.25) is 0 Å². The van der Waals surface area contributed by atoms with Crippen molar-refractivity contribution in [1.82, 2.24) is 0 Å². The summed E-state index contributed by atoms with van der Waals surface area (Å²) in [6.45, 7) is 1.99. The summed E-state index contributed by atoms with van der Waals surface area (Å²) in [5.41, 5.74) is 6.42. The van der Waals surface area contributed by atoms with Crippen LogP contribution in [-0.2, 0) is 0 Å². The minimum atomic E-state index is -0.590. The van der Waals surface area contributed by atoms with E-state index in [1.165, 1.54) is 0 Å². The third kappa shape index (κ3) is 2.47. The number of benzene rings is 1. The van der Waals surface area contributed by atoms with Crippen LogP contribution in [0.5, 0.6) is 5.75 Å². The lowest BCUT2D eigenvalue weighted by atomic mass is 9.98. The fourth-order valence-electron chi connectivity index (χ4n) is 1.45. The van der Waals surface area contributed by atoms with Gasteiger partial charge in [0.2, 0.25) is 0 Å². The number of phenols is 1. The first-order chi connectivity index (χ1) is 6.66. The summed E-state index contributed by atoms with van der Waals surface area (Å²) in [6.07, 6.45) is 0.936. The Morgan fingerprint density at radius 3 is 2.57 bits per heavy atom. The van der Waals surface area contributed by atoms with Crippen molar-refractivity contribution in [2.75, 3.05) is 0 Å². The third-order valence-electron chi connectivity index (χ3n) is 2.29. The quantitative estimate of drug-likeness (QED) is 0.683. The van der Waals surface area contributed by atoms with Gasteiger partial charge in [0, 0.05) is 5.56 Å². The van der Waals surface area contributed by atoms with Gasteiger partial charge in [0.1, 0.15) is 5.75 Å². The molecule has 1 rings (SSSR count). The van der Waals surface area contributed by atoms with Gasteiger partial charge in [-0.1, -0.05) is 31.5 Å². The molecule has 1 aromatic carbocycles. The maximum Gasteiger partial charge on any atom is 0.120 e. The molecule has 0 saturated carbocycles. The van der Waals surface area contributed by atoms with Crippen molar-refractivity contribution >= 4 is 0 Å². The predicted molar refractivity (Wildman–Crippen MR) is 56.0 cm³/mol. The number of rotatable bonds is 4. The average molecular weight is 195 g/mol. The predicted octanol–water partition coefficient (Wildman–Crippen LogP) is 1.55. The second-order valence-electron chi connectivity index (χ2n) is 3.44. The van der Waals surface area contributed by atoms with E-state index in [0.29, 0.717) is 12.0 Å². The van der Waals surface area contributed by atoms with Crippen molar-refractivity contribution in [3.05, 3.63) is 29.8 Å². The fraction of sp³-hybridized carbons (Fsp3) is 0.455. The van der Waals surface area contributed by atoms with Crippen LogP contribution in [0.1, 0.15) is 31.4 Å². The summed E-state index contributed by atoms with van der Waals surface area (Å²) in [5, 5.41) is 19.2. The maximum atomic E-state index is 9.66. The van der Waals surface area contributed by atoms with Crippen molar-refractivity contribution in [3.8, 4) is 5.75 Å². The van der Waals surface area contributed by atoms with E-state index in [2.05, 4.69) is 0 Å². The van der Waals surface area contributed by atoms with Crippen molar-refractivity contribution < 1.29 is 10.2 Å². The molecule has 0 aromatic heterocycles. The molecular weight excluding hydrogens is 178 g/mol. The van der Waals surface area contributed by atoms with Crippen LogP contribution in [0.4, 0.5) is 0 Å². The van der Waals surface area contributed by atoms with Gasteiger partial charge < -0.3 is 15.9 Å². The molecule has 2 atom stereocenters. The van der Waals surface area contributed by atoms with Crippen LogP contribution in [0.3, 0.4) is 0 Å². The summed E-state index contributed by atoms with van der Waals surface area (Å²) in [7, 11) is 0. The number of hydrogen-bond donors (Lipinski definition) is 3. The van der Waals surface area contributed by atoms with Crippen LogP contribution in [0.25, 0.3) is 0 Å². The molecule has 0 spiro atoms. The summed E-state index contributed by atoms with van der Waals surface area (Å²) in [4.78, 5) is 0. The van der Waals surface area contributed by atoms with Crippen molar-refractivity contribution in [2.24, 2.45) is 5.73 Å². The molecule has 0 amide bonds. The van der Waals surface area contributed by atoms with Gasteiger partial charge in [0.15, 0.2) is 0 Å².